The van der Waals surface area contributed by atoms with Gasteiger partial charge in [-0.25, -0.2) is 17.9 Å². The molecular formula is C30H31N5O5S. The highest BCUT2D eigenvalue weighted by molar-refractivity contribution is 7.90. The quantitative estimate of drug-likeness (QED) is 0.404. The van der Waals surface area contributed by atoms with Crippen LogP contribution in [-0.4, -0.2) is 45.2 Å². The number of benzodiazepines with no additional fused rings is 1. The molecule has 1 fully saturated rings. The first-order valence-electron chi connectivity index (χ1n) is 13.4. The van der Waals surface area contributed by atoms with Crippen LogP contribution in [0.15, 0.2) is 88.8 Å². The van der Waals surface area contributed by atoms with E-state index in [4.69, 9.17) is 4.99 Å². The lowest BCUT2D eigenvalue weighted by molar-refractivity contribution is -0.126. The maximum Gasteiger partial charge on any atom is 0.321 e. The summed E-state index contributed by atoms with van der Waals surface area (Å²) in [6, 6.07) is 20.2. The van der Waals surface area contributed by atoms with Crippen molar-refractivity contribution in [3.05, 3.63) is 90.0 Å². The molecule has 0 bridgehead atoms. The topological polar surface area (TPSA) is 137 Å². The van der Waals surface area contributed by atoms with Crippen molar-refractivity contribution in [2.45, 2.75) is 42.7 Å². The number of hydrogen-bond acceptors (Lipinski definition) is 6. The average molecular weight is 574 g/mol. The van der Waals surface area contributed by atoms with E-state index in [1.54, 1.807) is 37.5 Å². The Morgan fingerprint density at radius 3 is 2.39 bits per heavy atom. The van der Waals surface area contributed by atoms with Gasteiger partial charge in [0.2, 0.25) is 5.66 Å². The summed E-state index contributed by atoms with van der Waals surface area (Å²) in [6.45, 7) is 0. The van der Waals surface area contributed by atoms with Gasteiger partial charge in [0, 0.05) is 36.0 Å². The van der Waals surface area contributed by atoms with Crippen LogP contribution in [0, 0.1) is 5.92 Å². The van der Waals surface area contributed by atoms with Crippen molar-refractivity contribution in [3.63, 3.8) is 0 Å². The third-order valence-corrected chi connectivity index (χ3v) is 8.85. The molecule has 11 heteroatoms. The summed E-state index contributed by atoms with van der Waals surface area (Å²) in [7, 11) is -2.40. The summed E-state index contributed by atoms with van der Waals surface area (Å²) >= 11 is 0. The molecule has 0 saturated heterocycles. The van der Waals surface area contributed by atoms with Gasteiger partial charge in [-0.05, 0) is 49.2 Å². The van der Waals surface area contributed by atoms with E-state index in [9.17, 15) is 22.8 Å². The standard InChI is InChI=1S/C30H31N5O5S/c1-35-26-18-9-8-11-22(26)20-31-30(28(35)37,23-13-4-2-5-14-23)33-29(38)32-24-15-10-12-21(19-24)27(36)34-41(39,40)25-16-6-3-7-17-25/h3,6-12,15-20,23H,2,4-5,13-14H2,1H3,(H,34,36)(H2,32,33,38)/t30-/m1/s1. The fourth-order valence-corrected chi connectivity index (χ4v) is 6.39. The van der Waals surface area contributed by atoms with Gasteiger partial charge in [-0.3, -0.25) is 14.6 Å². The summed E-state index contributed by atoms with van der Waals surface area (Å²) in [5.41, 5.74) is 0.227. The molecule has 2 aliphatic rings. The van der Waals surface area contributed by atoms with E-state index in [0.717, 1.165) is 37.7 Å². The molecule has 212 valence electrons. The zero-order chi connectivity index (χ0) is 29.0. The van der Waals surface area contributed by atoms with Gasteiger partial charge in [-0.15, -0.1) is 0 Å². The van der Waals surface area contributed by atoms with Crippen molar-refractivity contribution in [2.24, 2.45) is 10.9 Å². The Morgan fingerprint density at radius 2 is 1.63 bits per heavy atom. The monoisotopic (exact) mass is 573 g/mol. The first-order chi connectivity index (χ1) is 19.7. The Labute approximate surface area is 238 Å². The number of sulfonamides is 1. The SMILES string of the molecule is CN1C(=O)[C@](NC(=O)Nc2cccc(C(=O)NS(=O)(=O)c3ccccc3)c2)(C2CCCCC2)N=Cc2ccccc21. The second-order valence-corrected chi connectivity index (χ2v) is 11.9. The molecule has 1 saturated carbocycles. The summed E-state index contributed by atoms with van der Waals surface area (Å²) in [5.74, 6) is -1.39. The lowest BCUT2D eigenvalue weighted by Gasteiger charge is -2.40. The number of para-hydroxylation sites is 1. The number of nitrogens with zero attached hydrogens (tertiary/aromatic N) is 2. The fraction of sp³-hybridized carbons (Fsp3) is 0.267. The van der Waals surface area contributed by atoms with Crippen molar-refractivity contribution < 1.29 is 22.8 Å². The number of benzene rings is 3. The number of urea groups is 1. The Balaban J connectivity index is 1.37. The molecule has 1 aliphatic heterocycles. The molecule has 3 N–H and O–H groups in total. The smallest absolute Gasteiger partial charge is 0.311 e. The molecule has 3 aromatic carbocycles. The Hall–Kier alpha value is -4.51. The molecule has 3 aromatic rings. The fourth-order valence-electron chi connectivity index (χ4n) is 5.40. The maximum atomic E-state index is 14.0. The normalized spacial score (nSPS) is 19.1. The number of anilines is 2. The van der Waals surface area contributed by atoms with Crippen molar-refractivity contribution in [3.8, 4) is 0 Å². The van der Waals surface area contributed by atoms with Gasteiger partial charge in [0.05, 0.1) is 10.6 Å². The lowest BCUT2D eigenvalue weighted by Crippen LogP contribution is -2.63. The number of aliphatic imine (C=N–C) groups is 1. The number of amides is 4. The van der Waals surface area contributed by atoms with Crippen molar-refractivity contribution in [2.75, 3.05) is 17.3 Å². The zero-order valence-corrected chi connectivity index (χ0v) is 23.4. The van der Waals surface area contributed by atoms with Gasteiger partial charge in [0.25, 0.3) is 21.8 Å². The molecule has 0 aromatic heterocycles. The van der Waals surface area contributed by atoms with Crippen LogP contribution in [0.1, 0.15) is 48.0 Å². The molecular weight excluding hydrogens is 542 g/mol. The highest BCUT2D eigenvalue weighted by Gasteiger charge is 2.49. The third kappa shape index (κ3) is 5.85. The molecule has 0 spiro atoms. The molecule has 1 aliphatic carbocycles. The van der Waals surface area contributed by atoms with Crippen LogP contribution in [0.5, 0.6) is 0 Å². The molecule has 0 radical (unpaired) electrons. The van der Waals surface area contributed by atoms with Crippen LogP contribution in [0.3, 0.4) is 0 Å². The minimum Gasteiger partial charge on any atom is -0.311 e. The molecule has 0 unspecified atom stereocenters. The van der Waals surface area contributed by atoms with Crippen LogP contribution in [0.2, 0.25) is 0 Å². The lowest BCUT2D eigenvalue weighted by atomic mass is 9.79. The number of carbonyl (C=O) groups is 3. The van der Waals surface area contributed by atoms with Crippen molar-refractivity contribution in [1.29, 1.82) is 0 Å². The van der Waals surface area contributed by atoms with Gasteiger partial charge in [-0.1, -0.05) is 61.7 Å². The summed E-state index contributed by atoms with van der Waals surface area (Å²) in [4.78, 5) is 46.4. The van der Waals surface area contributed by atoms with E-state index in [0.29, 0.717) is 5.69 Å². The molecule has 10 nitrogen and oxygen atoms in total. The van der Waals surface area contributed by atoms with Crippen LogP contribution < -0.4 is 20.3 Å². The third-order valence-electron chi connectivity index (χ3n) is 7.50. The number of nitrogens with one attached hydrogen (secondary N) is 3. The number of hydrogen-bond donors (Lipinski definition) is 3. The average Bonchev–Trinajstić information content (AvgIpc) is 3.09. The van der Waals surface area contributed by atoms with E-state index >= 15 is 0 Å². The van der Waals surface area contributed by atoms with E-state index in [1.165, 1.54) is 35.2 Å². The van der Waals surface area contributed by atoms with Crippen LogP contribution in [-0.2, 0) is 14.8 Å². The Morgan fingerprint density at radius 1 is 0.927 bits per heavy atom. The van der Waals surface area contributed by atoms with Crippen molar-refractivity contribution >= 4 is 45.5 Å². The van der Waals surface area contributed by atoms with Gasteiger partial charge in [-0.2, -0.15) is 0 Å². The van der Waals surface area contributed by atoms with Crippen LogP contribution >= 0.6 is 0 Å². The van der Waals surface area contributed by atoms with Gasteiger partial charge in [0.1, 0.15) is 0 Å². The maximum absolute atomic E-state index is 14.0. The molecule has 5 rings (SSSR count). The Kier molecular flexibility index (Phi) is 7.89. The van der Waals surface area contributed by atoms with E-state index in [-0.39, 0.29) is 28.0 Å². The van der Waals surface area contributed by atoms with Crippen LogP contribution in [0.4, 0.5) is 16.2 Å². The largest absolute Gasteiger partial charge is 0.321 e. The van der Waals surface area contributed by atoms with E-state index < -0.39 is 27.6 Å². The van der Waals surface area contributed by atoms with Gasteiger partial charge >= 0.3 is 6.03 Å². The van der Waals surface area contributed by atoms with Crippen molar-refractivity contribution in [1.82, 2.24) is 10.0 Å². The molecule has 4 amide bonds. The minimum absolute atomic E-state index is 0.0306. The first kappa shape index (κ1) is 28.0. The predicted molar refractivity (Wildman–Crippen MR) is 156 cm³/mol. The second-order valence-electron chi connectivity index (χ2n) is 10.2. The highest BCUT2D eigenvalue weighted by Crippen LogP contribution is 2.38. The van der Waals surface area contributed by atoms with E-state index in [1.807, 2.05) is 29.0 Å². The summed E-state index contributed by atoms with van der Waals surface area (Å²) in [6.07, 6.45) is 6.03. The first-order valence-corrected chi connectivity index (χ1v) is 14.9. The van der Waals surface area contributed by atoms with Gasteiger partial charge < -0.3 is 15.5 Å². The number of likely N-dealkylation sites (N-methyl/N-ethyl adjacent to an activating group) is 1. The minimum atomic E-state index is -4.08. The second kappa shape index (κ2) is 11.5. The van der Waals surface area contributed by atoms with Gasteiger partial charge in [0.15, 0.2) is 0 Å². The van der Waals surface area contributed by atoms with E-state index in [2.05, 4.69) is 10.6 Å². The highest BCUT2D eigenvalue weighted by atomic mass is 32.2. The molecule has 1 heterocycles. The summed E-state index contributed by atoms with van der Waals surface area (Å²) < 4.78 is 27.2. The van der Waals surface area contributed by atoms with Crippen LogP contribution in [0.25, 0.3) is 0 Å². The number of rotatable bonds is 6. The molecule has 41 heavy (non-hydrogen) atoms. The summed E-state index contributed by atoms with van der Waals surface area (Å²) in [5, 5.41) is 5.57. The number of carbonyl (C=O) groups excluding carboxylic acids is 3. The predicted octanol–water partition coefficient (Wildman–Crippen LogP) is 4.30. The Bertz CT molecular complexity index is 1600. The number of fused-ring (bicyclic) bond motifs is 1. The zero-order valence-electron chi connectivity index (χ0n) is 22.5. The molecule has 1 atom stereocenters.